The molecule has 0 spiro atoms. The molecule has 2 aromatic heterocycles. The number of hydrogen-bond donors (Lipinski definition) is 5. The summed E-state index contributed by atoms with van der Waals surface area (Å²) in [6.45, 7) is 3.46. The van der Waals surface area contributed by atoms with E-state index in [1.165, 1.54) is 9.75 Å². The van der Waals surface area contributed by atoms with Crippen LogP contribution in [0.5, 0.6) is 0 Å². The summed E-state index contributed by atoms with van der Waals surface area (Å²) in [5.41, 5.74) is 0. The summed E-state index contributed by atoms with van der Waals surface area (Å²) in [6.07, 6.45) is -1.17. The Bertz CT molecular complexity index is 801. The molecule has 5 N–H and O–H groups in total. The van der Waals surface area contributed by atoms with Gasteiger partial charge in [0.05, 0.1) is 56.9 Å². The predicted octanol–water partition coefficient (Wildman–Crippen LogP) is 2.84. The summed E-state index contributed by atoms with van der Waals surface area (Å²) >= 11 is 3.43. The molecule has 2 unspecified atom stereocenters. The topological polar surface area (TPSA) is 193 Å². The molecule has 0 saturated carbocycles. The van der Waals surface area contributed by atoms with Crippen molar-refractivity contribution < 1.29 is 72.9 Å². The Morgan fingerprint density at radius 3 is 0.786 bits per heavy atom. The maximum atomic E-state index is 9.22. The first-order valence-electron chi connectivity index (χ1n) is 15.6. The van der Waals surface area contributed by atoms with Crippen LogP contribution in [0.15, 0.2) is 35.0 Å². The van der Waals surface area contributed by atoms with E-state index < -0.39 is 30.5 Å². The minimum absolute atomic E-state index is 0. The van der Waals surface area contributed by atoms with E-state index in [1.54, 1.807) is 22.7 Å². The summed E-state index contributed by atoms with van der Waals surface area (Å²) in [4.78, 5) is 2.60. The minimum atomic E-state index is -0.606. The predicted molar refractivity (Wildman–Crippen MR) is 198 cm³/mol. The zero-order valence-corrected chi connectivity index (χ0v) is 60.1. The Hall–Kier alpha value is -5.20. The SMILES string of the molecule is [CH2-]OCC(O)COCCc1cccs1.[CH2-]OCC(O)COCCc1cccs1.[CH2-]OCC(O)CO[CH2-].[CH2-]OCC(O)CO[CH2-].[CH2-]OCC(O)CO[CH2-].[Rf].[Rf].[Rf].[Rf]. The molecule has 0 aliphatic carbocycles. The summed E-state index contributed by atoms with van der Waals surface area (Å²) in [6, 6.07) is 8.18. The summed E-state index contributed by atoms with van der Waals surface area (Å²) in [7, 11) is 24.8. The van der Waals surface area contributed by atoms with Gasteiger partial charge < -0.3 is 72.9 Å². The molecule has 318 valence electrons. The van der Waals surface area contributed by atoms with Crippen molar-refractivity contribution in [1.29, 1.82) is 0 Å². The molecule has 0 saturated heterocycles. The average Bonchev–Trinajstić information content (AvgIpc) is 3.83. The van der Waals surface area contributed by atoms with Gasteiger partial charge in [0.25, 0.3) is 0 Å². The molecule has 15 nitrogen and oxygen atoms in total. The van der Waals surface area contributed by atoms with Crippen molar-refractivity contribution in [2.75, 3.05) is 79.3 Å². The zero-order valence-electron chi connectivity index (χ0n) is 32.9. The van der Waals surface area contributed by atoms with E-state index in [0.29, 0.717) is 26.4 Å². The van der Waals surface area contributed by atoms with Crippen LogP contribution in [0.2, 0.25) is 0 Å². The van der Waals surface area contributed by atoms with Gasteiger partial charge in [-0.2, -0.15) is 0 Å². The molecule has 0 amide bonds. The van der Waals surface area contributed by atoms with Gasteiger partial charge in [0.15, 0.2) is 0 Å². The van der Waals surface area contributed by atoms with E-state index in [-0.39, 0.29) is 52.9 Å². The third-order valence-electron chi connectivity index (χ3n) is 5.25. The van der Waals surface area contributed by atoms with Crippen LogP contribution in [0.25, 0.3) is 0 Å². The van der Waals surface area contributed by atoms with Gasteiger partial charge in [-0.3, -0.25) is 0 Å². The number of aliphatic hydroxyl groups excluding tert-OH is 5. The first-order chi connectivity index (χ1) is 25.1. The smallest absolute Gasteiger partial charge is 0.0976 e. The van der Waals surface area contributed by atoms with E-state index >= 15 is 0 Å². The maximum absolute atomic E-state index is 9.22. The van der Waals surface area contributed by atoms with Gasteiger partial charge in [-0.15, -0.1) is 22.7 Å². The van der Waals surface area contributed by atoms with E-state index in [9.17, 15) is 10.2 Å². The third kappa shape index (κ3) is 50.9. The molecular weight excluding hydrogens is 1790 g/mol. The number of aliphatic hydroxyl groups is 5. The summed E-state index contributed by atoms with van der Waals surface area (Å²) in [5, 5.41) is 48.7. The maximum Gasteiger partial charge on any atom is 0.0976 e. The van der Waals surface area contributed by atoms with E-state index in [1.807, 2.05) is 22.9 Å². The monoisotopic (exact) mass is 1850 g/mol. The first-order valence-corrected chi connectivity index (χ1v) is 17.4. The molecule has 0 aliphatic heterocycles. The fraction of sp³-hybridized carbons (Fsp3) is 0.543. The molecule has 0 radical (unpaired) electrons. The molecule has 0 fully saturated rings. The number of ether oxygens (including phenoxy) is 10. The minimum Gasteiger partial charge on any atom is -0.553 e. The van der Waals surface area contributed by atoms with Crippen LogP contribution >= 0.6 is 22.7 Å². The van der Waals surface area contributed by atoms with Crippen molar-refractivity contribution in [2.24, 2.45) is 0 Å². The molecule has 2 rings (SSSR count). The Morgan fingerprint density at radius 2 is 0.607 bits per heavy atom. The molecule has 2 aromatic rings. The summed E-state index contributed by atoms with van der Waals surface area (Å²) < 4.78 is 45.7. The Labute approximate surface area is 319 Å². The van der Waals surface area contributed by atoms with Crippen LogP contribution in [0, 0.1) is 56.9 Å². The second kappa shape index (κ2) is 51.9. The number of rotatable bonds is 26. The molecule has 2 atom stereocenters. The van der Waals surface area contributed by atoms with Crippen molar-refractivity contribution in [3.8, 4) is 0 Å². The van der Waals surface area contributed by atoms with Crippen LogP contribution < -0.4 is 0 Å². The second-order valence-corrected chi connectivity index (χ2v) is 12.1. The number of thiophene rings is 2. The molecule has 0 aliphatic rings. The Morgan fingerprint density at radius 1 is 0.393 bits per heavy atom. The van der Waals surface area contributed by atoms with Gasteiger partial charge in [-0.25, -0.2) is 56.9 Å². The van der Waals surface area contributed by atoms with Crippen LogP contribution in [0.4, 0.5) is 0 Å². The van der Waals surface area contributed by atoms with Gasteiger partial charge in [0.1, 0.15) is 0 Å². The molecule has 2 heterocycles. The van der Waals surface area contributed by atoms with Crippen LogP contribution in [0.3, 0.4) is 0 Å². The van der Waals surface area contributed by atoms with Gasteiger partial charge in [0.2, 0.25) is 0 Å². The zero-order chi connectivity index (χ0) is 39.7. The fourth-order valence-electron chi connectivity index (χ4n) is 3.02. The standard InChI is InChI=1S/2C10H15O3S.3C5H10O3.4Rf/c2*1-12-7-9(11)8-13-5-4-10-3-2-6-14-10;3*1-7-3-5(6)4-8-2;;;;/h2*2-3,6,9,11H,1,4-5,7-8H2;3*5-6H,1-4H2;;;;/q2*-1;3*-2;;;;. The third-order valence-corrected chi connectivity index (χ3v) is 7.12. The van der Waals surface area contributed by atoms with E-state index in [4.69, 9.17) is 24.8 Å². The molecule has 0 bridgehead atoms. The van der Waals surface area contributed by atoms with Crippen molar-refractivity contribution >= 4 is 22.7 Å². The Balaban J connectivity index is -0.000000108. The largest absolute Gasteiger partial charge is 0.553 e. The van der Waals surface area contributed by atoms with Crippen LogP contribution in [-0.4, -0.2) is 135 Å². The van der Waals surface area contributed by atoms with Crippen LogP contribution in [-0.2, 0) is 60.2 Å². The molecular formula is C35H60O15Rf4S2-8. The van der Waals surface area contributed by atoms with Gasteiger partial charge in [-0.1, -0.05) is 12.1 Å². The van der Waals surface area contributed by atoms with Crippen molar-refractivity contribution in [3.63, 3.8) is 0 Å². The van der Waals surface area contributed by atoms with Gasteiger partial charge in [0, 0.05) is 75.5 Å². The molecule has 56 heavy (non-hydrogen) atoms. The summed E-state index contributed by atoms with van der Waals surface area (Å²) in [5.74, 6) is 0. The fourth-order valence-corrected chi connectivity index (χ4v) is 4.40. The van der Waals surface area contributed by atoms with Crippen molar-refractivity contribution in [1.82, 2.24) is 0 Å². The van der Waals surface area contributed by atoms with Crippen molar-refractivity contribution in [3.05, 3.63) is 102 Å². The second-order valence-electron chi connectivity index (χ2n) is 10.0. The van der Waals surface area contributed by atoms with Crippen molar-refractivity contribution in [2.45, 2.75) is 43.4 Å². The quantitative estimate of drug-likeness (QED) is 0.0682. The molecule has 21 heteroatoms. The number of hydrogen-bond acceptors (Lipinski definition) is 17. The Kier molecular flexibility index (Phi) is 60.9. The van der Waals surface area contributed by atoms with E-state index in [2.05, 4.69) is 107 Å². The van der Waals surface area contributed by atoms with Gasteiger partial charge >= 0.3 is 0 Å². The van der Waals surface area contributed by atoms with Crippen LogP contribution in [0.1, 0.15) is 9.75 Å². The average molecular weight is 1850 g/mol. The van der Waals surface area contributed by atoms with E-state index in [0.717, 1.165) is 12.8 Å². The first kappa shape index (κ1) is 65.7. The van der Waals surface area contributed by atoms with Gasteiger partial charge in [-0.05, 0) is 22.9 Å². The normalized spacial score (nSPS) is 11.0. The molecule has 0 aromatic carbocycles.